The van der Waals surface area contributed by atoms with Crippen molar-refractivity contribution in [3.05, 3.63) is 0 Å². The van der Waals surface area contributed by atoms with Crippen LogP contribution >= 0.6 is 0 Å². The Bertz CT molecular complexity index is 531. The first kappa shape index (κ1) is 40.0. The van der Waals surface area contributed by atoms with E-state index in [9.17, 15) is 9.59 Å². The molecular weight excluding hydrogens is 492 g/mol. The van der Waals surface area contributed by atoms with E-state index in [4.69, 9.17) is 14.9 Å². The zero-order valence-electron chi connectivity index (χ0n) is 26.5. The van der Waals surface area contributed by atoms with Crippen LogP contribution in [0.2, 0.25) is 0 Å². The van der Waals surface area contributed by atoms with Gasteiger partial charge in [0.05, 0.1) is 12.8 Å². The summed E-state index contributed by atoms with van der Waals surface area (Å²) in [6, 6.07) is 0. The number of carbonyl (C=O) groups is 2. The molecule has 39 heavy (non-hydrogen) atoms. The first-order valence-electron chi connectivity index (χ1n) is 16.2. The Kier molecular flexibility index (Phi) is 32.1. The summed E-state index contributed by atoms with van der Waals surface area (Å²) in [7, 11) is 4.01. The highest BCUT2D eigenvalue weighted by Gasteiger charge is 2.11. The second kappa shape index (κ2) is 31.3. The summed E-state index contributed by atoms with van der Waals surface area (Å²) >= 11 is 0. The average Bonchev–Trinajstić information content (AvgIpc) is 2.92. The van der Waals surface area contributed by atoms with E-state index in [1.165, 1.54) is 96.3 Å². The van der Waals surface area contributed by atoms with Crippen LogP contribution < -0.4 is 5.32 Å². The standard InChI is InChI=1S/C17H36N2O.C15H30O4/c1-5-7-8-9-10-11-12-13-14-15-17(20)18-16(6-2)19(3)4;1-2-3-4-5-6-7-8-9-10-11-15(18)19-13-14(17)12-16/h16H,5-15H2,1-4H3,(H,18,20);14,16-17H,2-13H2,1H3. The Labute approximate surface area is 241 Å². The van der Waals surface area contributed by atoms with Crippen molar-refractivity contribution in [2.24, 2.45) is 0 Å². The second-order valence-corrected chi connectivity index (χ2v) is 11.1. The lowest BCUT2D eigenvalue weighted by Gasteiger charge is -2.23. The maximum absolute atomic E-state index is 11.8. The molecule has 0 aromatic heterocycles. The van der Waals surface area contributed by atoms with E-state index in [2.05, 4.69) is 31.0 Å². The summed E-state index contributed by atoms with van der Waals surface area (Å²) in [6.07, 6.45) is 23.9. The van der Waals surface area contributed by atoms with Gasteiger partial charge in [-0.3, -0.25) is 14.5 Å². The van der Waals surface area contributed by atoms with E-state index in [1.54, 1.807) is 0 Å². The Morgan fingerprint density at radius 2 is 1.10 bits per heavy atom. The molecular formula is C32H66N2O5. The Morgan fingerprint density at radius 1 is 0.692 bits per heavy atom. The molecule has 3 N–H and O–H groups in total. The van der Waals surface area contributed by atoms with Crippen LogP contribution in [0.5, 0.6) is 0 Å². The third kappa shape index (κ3) is 31.2. The summed E-state index contributed by atoms with van der Waals surface area (Å²) in [5.41, 5.74) is 0. The molecule has 0 aliphatic carbocycles. The number of esters is 1. The van der Waals surface area contributed by atoms with Crippen molar-refractivity contribution in [1.29, 1.82) is 0 Å². The molecule has 0 saturated heterocycles. The summed E-state index contributed by atoms with van der Waals surface area (Å²) in [5, 5.41) is 20.6. The van der Waals surface area contributed by atoms with E-state index >= 15 is 0 Å². The molecule has 0 aliphatic heterocycles. The maximum atomic E-state index is 11.8. The zero-order valence-corrected chi connectivity index (χ0v) is 26.5. The number of ether oxygens (including phenoxy) is 1. The van der Waals surface area contributed by atoms with Gasteiger partial charge in [-0.2, -0.15) is 0 Å². The van der Waals surface area contributed by atoms with Crippen LogP contribution in [0.25, 0.3) is 0 Å². The van der Waals surface area contributed by atoms with Crippen LogP contribution in [0, 0.1) is 0 Å². The molecule has 0 aliphatic rings. The highest BCUT2D eigenvalue weighted by Crippen LogP contribution is 2.12. The summed E-state index contributed by atoms with van der Waals surface area (Å²) < 4.78 is 4.82. The number of nitrogens with one attached hydrogen (secondary N) is 1. The Hall–Kier alpha value is -1.18. The lowest BCUT2D eigenvalue weighted by Crippen LogP contribution is -2.44. The number of aliphatic hydroxyl groups excluding tert-OH is 2. The molecule has 234 valence electrons. The van der Waals surface area contributed by atoms with E-state index in [-0.39, 0.29) is 31.3 Å². The van der Waals surface area contributed by atoms with Crippen LogP contribution in [0.15, 0.2) is 0 Å². The van der Waals surface area contributed by atoms with E-state index < -0.39 is 6.10 Å². The fourth-order valence-electron chi connectivity index (χ4n) is 4.34. The van der Waals surface area contributed by atoms with Crippen LogP contribution in [0.3, 0.4) is 0 Å². The van der Waals surface area contributed by atoms with Gasteiger partial charge in [-0.15, -0.1) is 0 Å². The first-order valence-corrected chi connectivity index (χ1v) is 16.2. The average molecular weight is 559 g/mol. The molecule has 7 heteroatoms. The molecule has 0 rings (SSSR count). The van der Waals surface area contributed by atoms with Crippen molar-refractivity contribution in [3.8, 4) is 0 Å². The lowest BCUT2D eigenvalue weighted by atomic mass is 10.1. The van der Waals surface area contributed by atoms with Crippen molar-refractivity contribution in [3.63, 3.8) is 0 Å². The maximum Gasteiger partial charge on any atom is 0.305 e. The van der Waals surface area contributed by atoms with Crippen molar-refractivity contribution in [2.45, 2.75) is 168 Å². The van der Waals surface area contributed by atoms with Crippen molar-refractivity contribution < 1.29 is 24.5 Å². The Morgan fingerprint density at radius 3 is 1.49 bits per heavy atom. The molecule has 0 fully saturated rings. The number of amides is 1. The second-order valence-electron chi connectivity index (χ2n) is 11.1. The first-order chi connectivity index (χ1) is 18.8. The molecule has 2 unspecified atom stereocenters. The minimum absolute atomic E-state index is 0.104. The van der Waals surface area contributed by atoms with Gasteiger partial charge in [-0.1, -0.05) is 124 Å². The number of aliphatic hydroxyl groups is 2. The molecule has 1 amide bonds. The SMILES string of the molecule is CCCCCCCCCCCC(=O)NC(CC)N(C)C.CCCCCCCCCCCC(=O)OCC(O)CO. The van der Waals surface area contributed by atoms with Gasteiger partial charge in [0.1, 0.15) is 12.7 Å². The molecule has 0 saturated carbocycles. The third-order valence-electron chi connectivity index (χ3n) is 6.98. The number of hydrogen-bond acceptors (Lipinski definition) is 6. The van der Waals surface area contributed by atoms with Gasteiger partial charge in [0.15, 0.2) is 0 Å². The third-order valence-corrected chi connectivity index (χ3v) is 6.98. The number of unbranched alkanes of at least 4 members (excludes halogenated alkanes) is 16. The summed E-state index contributed by atoms with van der Waals surface area (Å²) in [4.78, 5) is 25.1. The quantitative estimate of drug-likeness (QED) is 0.0594. The highest BCUT2D eigenvalue weighted by molar-refractivity contribution is 5.76. The van der Waals surface area contributed by atoms with Gasteiger partial charge in [-0.05, 0) is 33.4 Å². The highest BCUT2D eigenvalue weighted by atomic mass is 16.5. The van der Waals surface area contributed by atoms with Gasteiger partial charge < -0.3 is 20.3 Å². The van der Waals surface area contributed by atoms with Gasteiger partial charge in [0, 0.05) is 12.8 Å². The monoisotopic (exact) mass is 558 g/mol. The predicted molar refractivity (Wildman–Crippen MR) is 164 cm³/mol. The molecule has 0 bridgehead atoms. The number of hydrogen-bond donors (Lipinski definition) is 3. The fourth-order valence-corrected chi connectivity index (χ4v) is 4.34. The van der Waals surface area contributed by atoms with Gasteiger partial charge in [-0.25, -0.2) is 0 Å². The molecule has 0 radical (unpaired) electrons. The minimum atomic E-state index is -0.952. The smallest absolute Gasteiger partial charge is 0.305 e. The van der Waals surface area contributed by atoms with Crippen molar-refractivity contribution >= 4 is 11.9 Å². The number of rotatable bonds is 26. The minimum Gasteiger partial charge on any atom is -0.463 e. The van der Waals surface area contributed by atoms with Crippen LogP contribution in [-0.4, -0.2) is 66.6 Å². The van der Waals surface area contributed by atoms with Gasteiger partial charge in [0.2, 0.25) is 5.91 Å². The van der Waals surface area contributed by atoms with E-state index in [0.717, 1.165) is 25.7 Å². The van der Waals surface area contributed by atoms with Crippen molar-refractivity contribution in [2.75, 3.05) is 27.3 Å². The van der Waals surface area contributed by atoms with Crippen LogP contribution in [0.4, 0.5) is 0 Å². The van der Waals surface area contributed by atoms with Crippen molar-refractivity contribution in [1.82, 2.24) is 10.2 Å². The number of nitrogens with zero attached hydrogens (tertiary/aromatic N) is 1. The van der Waals surface area contributed by atoms with Gasteiger partial charge >= 0.3 is 5.97 Å². The topological polar surface area (TPSA) is 99.1 Å². The Balaban J connectivity index is 0. The summed E-state index contributed by atoms with van der Waals surface area (Å²) in [5.74, 6) is -0.0797. The van der Waals surface area contributed by atoms with Crippen LogP contribution in [0.1, 0.15) is 156 Å². The van der Waals surface area contributed by atoms with Crippen LogP contribution in [-0.2, 0) is 14.3 Å². The molecule has 2 atom stereocenters. The molecule has 0 aromatic rings. The lowest BCUT2D eigenvalue weighted by molar-refractivity contribution is -0.147. The normalized spacial score (nSPS) is 12.5. The fraction of sp³-hybridized carbons (Fsp3) is 0.938. The molecule has 0 spiro atoms. The predicted octanol–water partition coefficient (Wildman–Crippen LogP) is 7.12. The van der Waals surface area contributed by atoms with E-state index in [1.807, 2.05) is 14.1 Å². The largest absolute Gasteiger partial charge is 0.463 e. The molecule has 0 heterocycles. The number of carbonyl (C=O) groups excluding carboxylic acids is 2. The molecule has 7 nitrogen and oxygen atoms in total. The molecule has 0 aromatic carbocycles. The summed E-state index contributed by atoms with van der Waals surface area (Å²) in [6.45, 7) is 6.10. The van der Waals surface area contributed by atoms with E-state index in [0.29, 0.717) is 12.8 Å². The van der Waals surface area contributed by atoms with Gasteiger partial charge in [0.25, 0.3) is 0 Å². The zero-order chi connectivity index (χ0) is 29.6.